The fourth-order valence-corrected chi connectivity index (χ4v) is 1.73. The molecule has 0 aliphatic carbocycles. The molecule has 17 heavy (non-hydrogen) atoms. The third-order valence-corrected chi connectivity index (χ3v) is 2.77. The average Bonchev–Trinajstić information content (AvgIpc) is 2.32. The van der Waals surface area contributed by atoms with Gasteiger partial charge in [0.05, 0.1) is 0 Å². The largest absolute Gasteiger partial charge is 0.398 e. The Kier molecular flexibility index (Phi) is 2.96. The summed E-state index contributed by atoms with van der Waals surface area (Å²) in [5.74, 6) is -0.0220. The molecule has 0 radical (unpaired) electrons. The molecule has 0 amide bonds. The van der Waals surface area contributed by atoms with Gasteiger partial charge in [-0.3, -0.25) is 4.79 Å². The van der Waals surface area contributed by atoms with E-state index in [9.17, 15) is 4.79 Å². The maximum atomic E-state index is 12.3. The minimum atomic E-state index is -0.0220. The molecular formula is C15H15NO. The zero-order chi connectivity index (χ0) is 12.4. The van der Waals surface area contributed by atoms with Gasteiger partial charge in [0.15, 0.2) is 5.78 Å². The fourth-order valence-electron chi connectivity index (χ4n) is 1.73. The molecule has 86 valence electrons. The van der Waals surface area contributed by atoms with Crippen LogP contribution in [0, 0.1) is 13.8 Å². The molecule has 0 saturated carbocycles. The zero-order valence-electron chi connectivity index (χ0n) is 10.0. The van der Waals surface area contributed by atoms with Gasteiger partial charge in [-0.2, -0.15) is 0 Å². The quantitative estimate of drug-likeness (QED) is 0.630. The summed E-state index contributed by atoms with van der Waals surface area (Å²) < 4.78 is 0. The summed E-state index contributed by atoms with van der Waals surface area (Å²) in [6, 6.07) is 13.0. The Morgan fingerprint density at radius 2 is 1.53 bits per heavy atom. The SMILES string of the molecule is Cc1ccc(C(=O)c2cc(C)ccc2N)cc1. The van der Waals surface area contributed by atoms with Gasteiger partial charge in [-0.15, -0.1) is 0 Å². The number of hydrogen-bond acceptors (Lipinski definition) is 2. The maximum Gasteiger partial charge on any atom is 0.195 e. The van der Waals surface area contributed by atoms with Crippen molar-refractivity contribution in [3.05, 3.63) is 64.7 Å². The van der Waals surface area contributed by atoms with Crippen LogP contribution in [0.1, 0.15) is 27.0 Å². The van der Waals surface area contributed by atoms with Crippen LogP contribution in [0.15, 0.2) is 42.5 Å². The van der Waals surface area contributed by atoms with E-state index in [1.807, 2.05) is 50.2 Å². The summed E-state index contributed by atoms with van der Waals surface area (Å²) in [4.78, 5) is 12.3. The van der Waals surface area contributed by atoms with Gasteiger partial charge < -0.3 is 5.73 Å². The van der Waals surface area contributed by atoms with Gasteiger partial charge in [-0.1, -0.05) is 41.5 Å². The van der Waals surface area contributed by atoms with Crippen LogP contribution < -0.4 is 5.73 Å². The molecule has 0 unspecified atom stereocenters. The maximum absolute atomic E-state index is 12.3. The van der Waals surface area contributed by atoms with Gasteiger partial charge >= 0.3 is 0 Å². The third kappa shape index (κ3) is 2.36. The fraction of sp³-hybridized carbons (Fsp3) is 0.133. The van der Waals surface area contributed by atoms with Gasteiger partial charge in [0.25, 0.3) is 0 Å². The topological polar surface area (TPSA) is 43.1 Å². The highest BCUT2D eigenvalue weighted by atomic mass is 16.1. The predicted molar refractivity (Wildman–Crippen MR) is 70.2 cm³/mol. The number of carbonyl (C=O) groups is 1. The number of benzene rings is 2. The Hall–Kier alpha value is -2.09. The van der Waals surface area contributed by atoms with E-state index in [0.29, 0.717) is 16.8 Å². The first-order valence-electron chi connectivity index (χ1n) is 5.55. The molecule has 0 aromatic heterocycles. The summed E-state index contributed by atoms with van der Waals surface area (Å²) in [6.07, 6.45) is 0. The second-order valence-corrected chi connectivity index (χ2v) is 4.29. The van der Waals surface area contributed by atoms with Gasteiger partial charge in [0.2, 0.25) is 0 Å². The van der Waals surface area contributed by atoms with E-state index in [4.69, 9.17) is 5.73 Å². The average molecular weight is 225 g/mol. The Bertz CT molecular complexity index is 556. The highest BCUT2D eigenvalue weighted by Crippen LogP contribution is 2.18. The lowest BCUT2D eigenvalue weighted by atomic mass is 9.99. The van der Waals surface area contributed by atoms with Crippen LogP contribution in [0.25, 0.3) is 0 Å². The van der Waals surface area contributed by atoms with E-state index < -0.39 is 0 Å². The van der Waals surface area contributed by atoms with E-state index in [1.54, 1.807) is 6.07 Å². The number of ketones is 1. The summed E-state index contributed by atoms with van der Waals surface area (Å²) >= 11 is 0. The number of nitrogen functional groups attached to an aromatic ring is 1. The Morgan fingerprint density at radius 1 is 0.941 bits per heavy atom. The monoisotopic (exact) mass is 225 g/mol. The number of hydrogen-bond donors (Lipinski definition) is 1. The van der Waals surface area contributed by atoms with Crippen molar-refractivity contribution in [3.63, 3.8) is 0 Å². The van der Waals surface area contributed by atoms with Crippen LogP contribution in [0.4, 0.5) is 5.69 Å². The van der Waals surface area contributed by atoms with E-state index in [1.165, 1.54) is 0 Å². The summed E-state index contributed by atoms with van der Waals surface area (Å²) in [7, 11) is 0. The highest BCUT2D eigenvalue weighted by Gasteiger charge is 2.11. The number of nitrogens with two attached hydrogens (primary N) is 1. The molecule has 2 aromatic carbocycles. The van der Waals surface area contributed by atoms with Crippen LogP contribution in [-0.2, 0) is 0 Å². The van der Waals surface area contributed by atoms with Crippen molar-refractivity contribution < 1.29 is 4.79 Å². The van der Waals surface area contributed by atoms with Crippen molar-refractivity contribution in [1.29, 1.82) is 0 Å². The molecule has 2 N–H and O–H groups in total. The highest BCUT2D eigenvalue weighted by molar-refractivity contribution is 6.12. The van der Waals surface area contributed by atoms with Gasteiger partial charge in [0.1, 0.15) is 0 Å². The van der Waals surface area contributed by atoms with Crippen LogP contribution in [0.2, 0.25) is 0 Å². The Labute approximate surface area is 101 Å². The van der Waals surface area contributed by atoms with Crippen molar-refractivity contribution in [2.45, 2.75) is 13.8 Å². The van der Waals surface area contributed by atoms with Crippen LogP contribution in [-0.4, -0.2) is 5.78 Å². The molecule has 0 aliphatic heterocycles. The van der Waals surface area contributed by atoms with Crippen LogP contribution in [0.3, 0.4) is 0 Å². The van der Waals surface area contributed by atoms with Crippen LogP contribution in [0.5, 0.6) is 0 Å². The lowest BCUT2D eigenvalue weighted by Gasteiger charge is -2.06. The number of rotatable bonds is 2. The molecule has 0 atom stereocenters. The summed E-state index contributed by atoms with van der Waals surface area (Å²) in [6.45, 7) is 3.95. The molecular weight excluding hydrogens is 210 g/mol. The van der Waals surface area contributed by atoms with Gasteiger partial charge in [0, 0.05) is 16.8 Å². The molecule has 0 heterocycles. The molecule has 0 spiro atoms. The lowest BCUT2D eigenvalue weighted by Crippen LogP contribution is -2.05. The molecule has 2 heteroatoms. The molecule has 0 fully saturated rings. The Balaban J connectivity index is 2.43. The minimum absolute atomic E-state index is 0.0220. The molecule has 0 aliphatic rings. The second-order valence-electron chi connectivity index (χ2n) is 4.29. The van der Waals surface area contributed by atoms with E-state index in [2.05, 4.69) is 0 Å². The molecule has 0 saturated heterocycles. The first-order chi connectivity index (χ1) is 8.08. The lowest BCUT2D eigenvalue weighted by molar-refractivity contribution is 0.103. The molecule has 2 aromatic rings. The normalized spacial score (nSPS) is 10.2. The number of carbonyl (C=O) groups excluding carboxylic acids is 1. The number of anilines is 1. The molecule has 2 rings (SSSR count). The van der Waals surface area contributed by atoms with Crippen molar-refractivity contribution in [1.82, 2.24) is 0 Å². The van der Waals surface area contributed by atoms with E-state index in [-0.39, 0.29) is 5.78 Å². The minimum Gasteiger partial charge on any atom is -0.398 e. The van der Waals surface area contributed by atoms with E-state index >= 15 is 0 Å². The smallest absolute Gasteiger partial charge is 0.195 e. The first kappa shape index (κ1) is 11.4. The van der Waals surface area contributed by atoms with E-state index in [0.717, 1.165) is 11.1 Å². The van der Waals surface area contributed by atoms with Crippen molar-refractivity contribution in [2.24, 2.45) is 0 Å². The summed E-state index contributed by atoms with van der Waals surface area (Å²) in [5.41, 5.74) is 9.79. The molecule has 0 bridgehead atoms. The third-order valence-electron chi connectivity index (χ3n) is 2.77. The predicted octanol–water partition coefficient (Wildman–Crippen LogP) is 3.12. The first-order valence-corrected chi connectivity index (χ1v) is 5.55. The van der Waals surface area contributed by atoms with Crippen molar-refractivity contribution >= 4 is 11.5 Å². The van der Waals surface area contributed by atoms with Crippen molar-refractivity contribution in [2.75, 3.05) is 5.73 Å². The van der Waals surface area contributed by atoms with Crippen molar-refractivity contribution in [3.8, 4) is 0 Å². The number of aryl methyl sites for hydroxylation is 2. The molecule has 2 nitrogen and oxygen atoms in total. The van der Waals surface area contributed by atoms with Gasteiger partial charge in [-0.25, -0.2) is 0 Å². The zero-order valence-corrected chi connectivity index (χ0v) is 10.0. The Morgan fingerprint density at radius 3 is 2.18 bits per heavy atom. The van der Waals surface area contributed by atoms with Gasteiger partial charge in [-0.05, 0) is 26.0 Å². The standard InChI is InChI=1S/C15H15NO/c1-10-3-6-12(7-4-10)15(17)13-9-11(2)5-8-14(13)16/h3-9H,16H2,1-2H3. The van der Waals surface area contributed by atoms with Crippen LogP contribution >= 0.6 is 0 Å². The summed E-state index contributed by atoms with van der Waals surface area (Å²) in [5, 5.41) is 0. The second kappa shape index (κ2) is 4.42.